The van der Waals surface area contributed by atoms with Crippen LogP contribution in [0.15, 0.2) is 24.3 Å². The minimum absolute atomic E-state index is 0.226. The van der Waals surface area contributed by atoms with Crippen molar-refractivity contribution in [2.45, 2.75) is 6.92 Å². The Bertz CT molecular complexity index is 434. The number of hydrogen-bond acceptors (Lipinski definition) is 4. The van der Waals surface area contributed by atoms with E-state index in [4.69, 9.17) is 0 Å². The summed E-state index contributed by atoms with van der Waals surface area (Å²) < 4.78 is 0. The lowest BCUT2D eigenvalue weighted by Crippen LogP contribution is -2.40. The molecule has 0 atom stereocenters. The fourth-order valence-electron chi connectivity index (χ4n) is 1.15. The van der Waals surface area contributed by atoms with E-state index in [1.165, 1.54) is 12.1 Å². The Kier molecular flexibility index (Phi) is 5.22. The highest BCUT2D eigenvalue weighted by Crippen LogP contribution is 2.05. The Labute approximate surface area is 103 Å². The summed E-state index contributed by atoms with van der Waals surface area (Å²) in [5, 5.41) is -0.343. The standard InChI is InChI=1S/C11H12N2O3S/c1-2-17-11(16)13-12-10(15)9-6-4-3-5-8(9)7-14/h3-7H,2H2,1H3,(H,12,15)(H,13,16). The SMILES string of the molecule is CCSC(=O)NNC(=O)c1ccccc1C=O. The lowest BCUT2D eigenvalue weighted by Gasteiger charge is -2.07. The summed E-state index contributed by atoms with van der Waals surface area (Å²) in [5.74, 6) is 0.102. The molecule has 2 N–H and O–H groups in total. The van der Waals surface area contributed by atoms with Crippen molar-refractivity contribution >= 4 is 29.2 Å². The summed E-state index contributed by atoms with van der Waals surface area (Å²) in [6.07, 6.45) is 0.595. The second-order valence-electron chi connectivity index (χ2n) is 3.00. The molecule has 0 heterocycles. The number of carbonyl (C=O) groups is 3. The lowest BCUT2D eigenvalue weighted by molar-refractivity contribution is 0.0934. The van der Waals surface area contributed by atoms with Crippen molar-refractivity contribution in [2.75, 3.05) is 5.75 Å². The summed E-state index contributed by atoms with van der Waals surface area (Å²) in [7, 11) is 0. The van der Waals surface area contributed by atoms with Crippen LogP contribution in [0.25, 0.3) is 0 Å². The van der Waals surface area contributed by atoms with Crippen molar-refractivity contribution in [3.05, 3.63) is 35.4 Å². The van der Waals surface area contributed by atoms with E-state index in [-0.39, 0.29) is 16.4 Å². The number of hydrogen-bond donors (Lipinski definition) is 2. The Balaban J connectivity index is 2.64. The summed E-state index contributed by atoms with van der Waals surface area (Å²) in [6.45, 7) is 1.83. The predicted octanol–water partition coefficient (Wildman–Crippen LogP) is 1.61. The minimum Gasteiger partial charge on any atom is -0.298 e. The third-order valence-electron chi connectivity index (χ3n) is 1.89. The molecule has 0 saturated heterocycles. The van der Waals surface area contributed by atoms with Gasteiger partial charge in [0.25, 0.3) is 11.1 Å². The monoisotopic (exact) mass is 252 g/mol. The van der Waals surface area contributed by atoms with Crippen LogP contribution in [0.1, 0.15) is 27.6 Å². The second-order valence-corrected chi connectivity index (χ2v) is 4.24. The third kappa shape index (κ3) is 3.92. The van der Waals surface area contributed by atoms with Crippen molar-refractivity contribution in [2.24, 2.45) is 0 Å². The first-order valence-electron chi connectivity index (χ1n) is 4.96. The van der Waals surface area contributed by atoms with Crippen molar-refractivity contribution < 1.29 is 14.4 Å². The Morgan fingerprint density at radius 3 is 2.65 bits per heavy atom. The van der Waals surface area contributed by atoms with Gasteiger partial charge in [-0.15, -0.1) is 0 Å². The van der Waals surface area contributed by atoms with Gasteiger partial charge in [0.15, 0.2) is 6.29 Å². The van der Waals surface area contributed by atoms with Gasteiger partial charge in [-0.1, -0.05) is 36.9 Å². The number of nitrogens with one attached hydrogen (secondary N) is 2. The maximum atomic E-state index is 11.6. The van der Waals surface area contributed by atoms with E-state index in [2.05, 4.69) is 10.9 Å². The van der Waals surface area contributed by atoms with Crippen LogP contribution in [0.5, 0.6) is 0 Å². The zero-order valence-electron chi connectivity index (χ0n) is 9.23. The minimum atomic E-state index is -0.516. The molecular formula is C11H12N2O3S. The number of amides is 2. The van der Waals surface area contributed by atoms with Crippen LogP contribution in [0.3, 0.4) is 0 Å². The highest BCUT2D eigenvalue weighted by atomic mass is 32.2. The van der Waals surface area contributed by atoms with Gasteiger partial charge in [0.2, 0.25) is 0 Å². The van der Waals surface area contributed by atoms with E-state index >= 15 is 0 Å². The zero-order chi connectivity index (χ0) is 12.7. The zero-order valence-corrected chi connectivity index (χ0v) is 10.0. The molecule has 90 valence electrons. The van der Waals surface area contributed by atoms with E-state index in [0.29, 0.717) is 12.0 Å². The van der Waals surface area contributed by atoms with Crippen molar-refractivity contribution in [3.8, 4) is 0 Å². The van der Waals surface area contributed by atoms with Crippen LogP contribution in [0.4, 0.5) is 4.79 Å². The van der Waals surface area contributed by atoms with Gasteiger partial charge in [0.05, 0.1) is 5.56 Å². The van der Waals surface area contributed by atoms with E-state index in [0.717, 1.165) is 11.8 Å². The van der Waals surface area contributed by atoms with Gasteiger partial charge >= 0.3 is 0 Å². The van der Waals surface area contributed by atoms with Crippen LogP contribution in [-0.4, -0.2) is 23.2 Å². The number of aldehydes is 1. The average Bonchev–Trinajstić information content (AvgIpc) is 2.36. The van der Waals surface area contributed by atoms with Crippen LogP contribution >= 0.6 is 11.8 Å². The number of rotatable bonds is 3. The second kappa shape index (κ2) is 6.70. The van der Waals surface area contributed by atoms with Crippen molar-refractivity contribution in [3.63, 3.8) is 0 Å². The molecule has 6 heteroatoms. The molecule has 0 spiro atoms. The molecule has 0 aliphatic carbocycles. The van der Waals surface area contributed by atoms with Gasteiger partial charge in [0, 0.05) is 5.56 Å². The van der Waals surface area contributed by atoms with Crippen LogP contribution < -0.4 is 10.9 Å². The molecule has 0 fully saturated rings. The summed E-state index contributed by atoms with van der Waals surface area (Å²) in [6, 6.07) is 6.35. The molecule has 0 aliphatic heterocycles. The average molecular weight is 252 g/mol. The predicted molar refractivity (Wildman–Crippen MR) is 66.0 cm³/mol. The van der Waals surface area contributed by atoms with E-state index < -0.39 is 5.91 Å². The number of carbonyl (C=O) groups excluding carboxylic acids is 3. The molecule has 17 heavy (non-hydrogen) atoms. The van der Waals surface area contributed by atoms with E-state index in [9.17, 15) is 14.4 Å². The smallest absolute Gasteiger partial charge is 0.297 e. The fraction of sp³-hybridized carbons (Fsp3) is 0.182. The van der Waals surface area contributed by atoms with Gasteiger partial charge < -0.3 is 0 Å². The molecule has 1 aromatic carbocycles. The molecular weight excluding hydrogens is 240 g/mol. The molecule has 5 nitrogen and oxygen atoms in total. The summed E-state index contributed by atoms with van der Waals surface area (Å²) in [5.41, 5.74) is 4.99. The Hall–Kier alpha value is -1.82. The van der Waals surface area contributed by atoms with Gasteiger partial charge in [-0.05, 0) is 11.8 Å². The van der Waals surface area contributed by atoms with Gasteiger partial charge in [0.1, 0.15) is 0 Å². The number of thioether (sulfide) groups is 1. The van der Waals surface area contributed by atoms with Gasteiger partial charge in [-0.2, -0.15) is 0 Å². The highest BCUT2D eigenvalue weighted by molar-refractivity contribution is 8.13. The summed E-state index contributed by atoms with van der Waals surface area (Å²) in [4.78, 5) is 33.4. The molecule has 0 saturated carbocycles. The molecule has 0 bridgehead atoms. The Morgan fingerprint density at radius 1 is 1.29 bits per heavy atom. The first-order valence-corrected chi connectivity index (χ1v) is 5.95. The van der Waals surface area contributed by atoms with Crippen molar-refractivity contribution in [1.82, 2.24) is 10.9 Å². The quantitative estimate of drug-likeness (QED) is 0.633. The normalized spacial score (nSPS) is 9.47. The van der Waals surface area contributed by atoms with Crippen LogP contribution in [-0.2, 0) is 0 Å². The first-order chi connectivity index (χ1) is 8.19. The molecule has 0 aromatic heterocycles. The molecule has 2 amide bonds. The van der Waals surface area contributed by atoms with Crippen LogP contribution in [0, 0.1) is 0 Å². The number of benzene rings is 1. The first kappa shape index (κ1) is 13.2. The maximum Gasteiger partial charge on any atom is 0.297 e. The molecule has 0 unspecified atom stereocenters. The highest BCUT2D eigenvalue weighted by Gasteiger charge is 2.10. The van der Waals surface area contributed by atoms with E-state index in [1.54, 1.807) is 12.1 Å². The fourth-order valence-corrected chi connectivity index (χ4v) is 1.53. The molecule has 0 aliphatic rings. The van der Waals surface area contributed by atoms with Gasteiger partial charge in [-0.25, -0.2) is 0 Å². The molecule has 0 radical (unpaired) electrons. The largest absolute Gasteiger partial charge is 0.298 e. The summed E-state index contributed by atoms with van der Waals surface area (Å²) >= 11 is 1.04. The number of hydrazine groups is 1. The molecule has 1 rings (SSSR count). The van der Waals surface area contributed by atoms with Gasteiger partial charge in [-0.3, -0.25) is 25.2 Å². The molecule has 1 aromatic rings. The maximum absolute atomic E-state index is 11.6. The van der Waals surface area contributed by atoms with E-state index in [1.807, 2.05) is 6.92 Å². The third-order valence-corrected chi connectivity index (χ3v) is 2.54. The van der Waals surface area contributed by atoms with Crippen LogP contribution in [0.2, 0.25) is 0 Å². The topological polar surface area (TPSA) is 75.3 Å². The Morgan fingerprint density at radius 2 is 2.00 bits per heavy atom. The van der Waals surface area contributed by atoms with Crippen molar-refractivity contribution in [1.29, 1.82) is 0 Å². The lowest BCUT2D eigenvalue weighted by atomic mass is 10.1.